The molecule has 0 aromatic heterocycles. The number of guanidine groups is 1. The second-order valence-electron chi connectivity index (χ2n) is 2.84. The van der Waals surface area contributed by atoms with E-state index < -0.39 is 6.04 Å². The summed E-state index contributed by atoms with van der Waals surface area (Å²) < 4.78 is 3.74. The maximum absolute atomic E-state index is 8.53. The third-order valence-corrected chi connectivity index (χ3v) is 2.31. The van der Waals surface area contributed by atoms with E-state index in [1.54, 1.807) is 0 Å². The van der Waals surface area contributed by atoms with Gasteiger partial charge in [0.15, 0.2) is 11.9 Å². The Bertz CT molecular complexity index is 424. The number of aliphatic hydroxyl groups is 1. The van der Waals surface area contributed by atoms with Crippen molar-refractivity contribution in [3.63, 3.8) is 0 Å². The summed E-state index contributed by atoms with van der Waals surface area (Å²) in [4.78, 5) is 15.9. The lowest BCUT2D eigenvalue weighted by atomic mass is 10.2. The molecule has 16 heavy (non-hydrogen) atoms. The lowest BCUT2D eigenvalue weighted by Gasteiger charge is -2.07. The van der Waals surface area contributed by atoms with Gasteiger partial charge in [0, 0.05) is 17.7 Å². The zero-order valence-corrected chi connectivity index (χ0v) is 9.00. The van der Waals surface area contributed by atoms with Crippen molar-refractivity contribution < 1.29 is 5.11 Å². The molecule has 1 unspecified atom stereocenters. The molecule has 2 rings (SSSR count). The van der Waals surface area contributed by atoms with Crippen LogP contribution in [-0.2, 0) is 0 Å². The Morgan fingerprint density at radius 1 is 1.56 bits per heavy atom. The molecule has 0 radical (unpaired) electrons. The predicted octanol–water partition coefficient (Wildman–Crippen LogP) is -0.385. The van der Waals surface area contributed by atoms with Crippen molar-refractivity contribution in [2.75, 3.05) is 12.4 Å². The van der Waals surface area contributed by atoms with Crippen molar-refractivity contribution in [2.24, 2.45) is 35.3 Å². The highest BCUT2D eigenvalue weighted by Gasteiger charge is 2.27. The highest BCUT2D eigenvalue weighted by molar-refractivity contribution is 7.97. The van der Waals surface area contributed by atoms with Gasteiger partial charge in [-0.3, -0.25) is 0 Å². The van der Waals surface area contributed by atoms with Crippen molar-refractivity contribution in [2.45, 2.75) is 6.04 Å². The quantitative estimate of drug-likeness (QED) is 0.396. The Morgan fingerprint density at radius 2 is 2.44 bits per heavy atom. The van der Waals surface area contributed by atoms with Crippen LogP contribution in [0.4, 0.5) is 0 Å². The molecular formula is C7H9N7OS. The fourth-order valence-electron chi connectivity index (χ4n) is 1.08. The largest absolute Gasteiger partial charge is 0.395 e. The molecule has 0 aromatic carbocycles. The normalized spacial score (nSPS) is 23.1. The molecule has 2 aliphatic heterocycles. The Kier molecular flexibility index (Phi) is 3.37. The number of aliphatic hydroxyl groups excluding tert-OH is 1. The number of nitrogens with zero attached hydrogens (tertiary/aromatic N) is 6. The summed E-state index contributed by atoms with van der Waals surface area (Å²) in [6.45, 7) is 0.0528. The van der Waals surface area contributed by atoms with E-state index in [-0.39, 0.29) is 12.6 Å². The van der Waals surface area contributed by atoms with E-state index in [4.69, 9.17) is 10.8 Å². The van der Waals surface area contributed by atoms with Gasteiger partial charge in [-0.1, -0.05) is 0 Å². The van der Waals surface area contributed by atoms with Crippen molar-refractivity contribution in [1.29, 1.82) is 0 Å². The van der Waals surface area contributed by atoms with Gasteiger partial charge in [0.2, 0.25) is 0 Å². The summed E-state index contributed by atoms with van der Waals surface area (Å²) in [6, 6.07) is -0.429. The molecule has 9 heteroatoms. The molecular weight excluding hydrogens is 230 g/mol. The van der Waals surface area contributed by atoms with E-state index >= 15 is 0 Å². The maximum Gasteiger partial charge on any atom is 0.267 e. The van der Waals surface area contributed by atoms with Crippen molar-refractivity contribution in [3.05, 3.63) is 0 Å². The third kappa shape index (κ3) is 2.31. The van der Waals surface area contributed by atoms with Gasteiger partial charge in [0.25, 0.3) is 5.96 Å². The molecule has 0 aromatic rings. The summed E-state index contributed by atoms with van der Waals surface area (Å²) in [5.74, 6) is 1.54. The first-order valence-corrected chi connectivity index (χ1v) is 5.41. The first-order chi connectivity index (χ1) is 7.81. The molecule has 8 nitrogen and oxygen atoms in total. The molecule has 2 heterocycles. The maximum atomic E-state index is 8.53. The molecule has 1 atom stereocenters. The van der Waals surface area contributed by atoms with Gasteiger partial charge in [-0.2, -0.15) is 4.99 Å². The third-order valence-electron chi connectivity index (χ3n) is 1.75. The molecule has 84 valence electrons. The molecule has 3 N–H and O–H groups in total. The van der Waals surface area contributed by atoms with Gasteiger partial charge in [0.1, 0.15) is 12.2 Å². The number of nitrogens with two attached hydrogens (primary N) is 1. The molecule has 0 bridgehead atoms. The zero-order chi connectivity index (χ0) is 11.4. The SMILES string of the molecule is NC1=NC=NC2=NC(/N=N/SCCO)=NC12. The Labute approximate surface area is 95.3 Å². The van der Waals surface area contributed by atoms with Crippen LogP contribution in [0.5, 0.6) is 0 Å². The summed E-state index contributed by atoms with van der Waals surface area (Å²) >= 11 is 1.13. The summed E-state index contributed by atoms with van der Waals surface area (Å²) in [7, 11) is 0. The molecule has 0 saturated heterocycles. The van der Waals surface area contributed by atoms with Crippen LogP contribution < -0.4 is 5.73 Å². The highest BCUT2D eigenvalue weighted by Crippen LogP contribution is 2.12. The molecule has 2 aliphatic rings. The van der Waals surface area contributed by atoms with E-state index in [1.807, 2.05) is 0 Å². The molecule has 0 saturated carbocycles. The van der Waals surface area contributed by atoms with Crippen LogP contribution in [0.1, 0.15) is 0 Å². The standard InChI is InChI=1S/C7H9N7OS/c8-5-4-6(10-3-9-5)12-7(11-4)13-14-16-2-1-15/h3-4,15H,1-2H2,(H2,8,9,10,11,12)/b14-13+. The number of fused-ring (bicyclic) bond motifs is 1. The molecule has 0 spiro atoms. The summed E-state index contributed by atoms with van der Waals surface area (Å²) in [5, 5.41) is 12.3. The number of hydrogen-bond acceptors (Lipinski definition) is 9. The van der Waals surface area contributed by atoms with Crippen LogP contribution in [0.25, 0.3) is 0 Å². The van der Waals surface area contributed by atoms with E-state index in [9.17, 15) is 0 Å². The lowest BCUT2D eigenvalue weighted by Crippen LogP contribution is -2.34. The molecule has 0 aliphatic carbocycles. The average molecular weight is 239 g/mol. The van der Waals surface area contributed by atoms with E-state index in [1.165, 1.54) is 6.34 Å². The van der Waals surface area contributed by atoms with Gasteiger partial charge in [0.05, 0.1) is 6.61 Å². The van der Waals surface area contributed by atoms with Crippen molar-refractivity contribution in [3.8, 4) is 0 Å². The van der Waals surface area contributed by atoms with Crippen LogP contribution in [0, 0.1) is 0 Å². The summed E-state index contributed by atoms with van der Waals surface area (Å²) in [6.07, 6.45) is 1.33. The van der Waals surface area contributed by atoms with Gasteiger partial charge in [-0.05, 0) is 0 Å². The second kappa shape index (κ2) is 4.94. The fourth-order valence-corrected chi connectivity index (χ4v) is 1.38. The van der Waals surface area contributed by atoms with E-state index in [2.05, 4.69) is 29.6 Å². The van der Waals surface area contributed by atoms with Gasteiger partial charge >= 0.3 is 0 Å². The van der Waals surface area contributed by atoms with Gasteiger partial charge in [-0.15, -0.1) is 9.63 Å². The van der Waals surface area contributed by atoms with E-state index in [0.717, 1.165) is 11.9 Å². The Morgan fingerprint density at radius 3 is 3.19 bits per heavy atom. The van der Waals surface area contributed by atoms with Crippen molar-refractivity contribution >= 4 is 35.9 Å². The highest BCUT2D eigenvalue weighted by atomic mass is 32.2. The van der Waals surface area contributed by atoms with Gasteiger partial charge < -0.3 is 10.8 Å². The minimum atomic E-state index is -0.429. The lowest BCUT2D eigenvalue weighted by molar-refractivity contribution is 0.322. The Hall–Kier alpha value is -1.61. The minimum Gasteiger partial charge on any atom is -0.395 e. The van der Waals surface area contributed by atoms with Crippen LogP contribution in [0.3, 0.4) is 0 Å². The molecule has 0 fully saturated rings. The topological polar surface area (TPSA) is 120 Å². The van der Waals surface area contributed by atoms with Crippen LogP contribution in [0.15, 0.2) is 29.6 Å². The average Bonchev–Trinajstić information content (AvgIpc) is 2.69. The smallest absolute Gasteiger partial charge is 0.267 e. The van der Waals surface area contributed by atoms with Gasteiger partial charge in [-0.25, -0.2) is 15.0 Å². The number of hydrogen-bond donors (Lipinski definition) is 2. The predicted molar refractivity (Wildman–Crippen MR) is 63.2 cm³/mol. The van der Waals surface area contributed by atoms with Crippen LogP contribution >= 0.6 is 11.9 Å². The first-order valence-electron chi connectivity index (χ1n) is 4.47. The fraction of sp³-hybridized carbons (Fsp3) is 0.429. The second-order valence-corrected chi connectivity index (χ2v) is 3.67. The number of aliphatic imine (C=N–C) groups is 4. The number of amidine groups is 2. The van der Waals surface area contributed by atoms with Crippen LogP contribution in [-0.4, -0.2) is 47.5 Å². The minimum absolute atomic E-state index is 0.0528. The monoisotopic (exact) mass is 239 g/mol. The van der Waals surface area contributed by atoms with Crippen LogP contribution in [0.2, 0.25) is 0 Å². The zero-order valence-electron chi connectivity index (χ0n) is 8.19. The summed E-state index contributed by atoms with van der Waals surface area (Å²) in [5.41, 5.74) is 5.62. The van der Waals surface area contributed by atoms with E-state index in [0.29, 0.717) is 17.4 Å². The first kappa shape index (κ1) is 10.9. The molecule has 0 amide bonds. The Balaban J connectivity index is 2.02. The van der Waals surface area contributed by atoms with Crippen molar-refractivity contribution in [1.82, 2.24) is 0 Å². The number of rotatable bonds is 3.